The monoisotopic (exact) mass is 489 g/mol. The quantitative estimate of drug-likeness (QED) is 0.493. The second-order valence-corrected chi connectivity index (χ2v) is 9.83. The van der Waals surface area contributed by atoms with Crippen LogP contribution in [-0.2, 0) is 6.54 Å². The number of thiophene rings is 1. The van der Waals surface area contributed by atoms with Crippen LogP contribution in [0.15, 0.2) is 58.4 Å². The number of nitrogens with zero attached hydrogens (tertiary/aromatic N) is 2. The molecule has 0 spiro atoms. The van der Waals surface area contributed by atoms with Gasteiger partial charge in [0.25, 0.3) is 0 Å². The van der Waals surface area contributed by atoms with Crippen molar-refractivity contribution in [3.63, 3.8) is 0 Å². The number of piperazine rings is 1. The lowest BCUT2D eigenvalue weighted by atomic mass is 10.0. The fraction of sp³-hybridized carbons (Fsp3) is 0.227. The molecule has 4 rings (SSSR count). The van der Waals surface area contributed by atoms with Crippen molar-refractivity contribution < 1.29 is 4.79 Å². The van der Waals surface area contributed by atoms with Gasteiger partial charge in [0.2, 0.25) is 0 Å². The Morgan fingerprint density at radius 1 is 1.03 bits per heavy atom. The lowest BCUT2D eigenvalue weighted by molar-refractivity contribution is 0.103. The van der Waals surface area contributed by atoms with Crippen LogP contribution >= 0.6 is 38.9 Å². The molecule has 0 bridgehead atoms. The van der Waals surface area contributed by atoms with E-state index in [1.54, 1.807) is 24.3 Å². The van der Waals surface area contributed by atoms with Crippen molar-refractivity contribution in [2.75, 3.05) is 36.8 Å². The highest BCUT2D eigenvalue weighted by atomic mass is 79.9. The summed E-state index contributed by atoms with van der Waals surface area (Å²) in [5.41, 5.74) is 9.66. The van der Waals surface area contributed by atoms with E-state index in [0.29, 0.717) is 27.7 Å². The molecule has 1 fully saturated rings. The summed E-state index contributed by atoms with van der Waals surface area (Å²) in [6, 6.07) is 17.4. The molecule has 1 saturated heterocycles. The van der Waals surface area contributed by atoms with Gasteiger partial charge in [-0.1, -0.05) is 29.8 Å². The molecule has 29 heavy (non-hydrogen) atoms. The van der Waals surface area contributed by atoms with Gasteiger partial charge in [0.15, 0.2) is 5.78 Å². The summed E-state index contributed by atoms with van der Waals surface area (Å²) in [6.45, 7) is 4.49. The number of hydrogen-bond acceptors (Lipinski definition) is 5. The van der Waals surface area contributed by atoms with Gasteiger partial charge in [0.1, 0.15) is 0 Å². The fourth-order valence-electron chi connectivity index (χ4n) is 3.62. The van der Waals surface area contributed by atoms with Gasteiger partial charge in [-0.15, -0.1) is 11.3 Å². The number of hydrogen-bond donors (Lipinski definition) is 1. The second kappa shape index (κ2) is 8.88. The molecular weight excluding hydrogens is 470 g/mol. The van der Waals surface area contributed by atoms with Gasteiger partial charge in [-0.3, -0.25) is 9.69 Å². The lowest BCUT2D eigenvalue weighted by Gasteiger charge is -2.36. The van der Waals surface area contributed by atoms with Crippen LogP contribution in [-0.4, -0.2) is 36.9 Å². The molecule has 0 unspecified atom stereocenters. The van der Waals surface area contributed by atoms with Crippen molar-refractivity contribution in [3.05, 3.63) is 80.1 Å². The smallest absolute Gasteiger partial charge is 0.196 e. The molecular formula is C22H21BrClN3OS. The highest BCUT2D eigenvalue weighted by Crippen LogP contribution is 2.38. The molecule has 2 aromatic carbocycles. The second-order valence-electron chi connectivity index (χ2n) is 7.03. The molecule has 3 aromatic rings. The number of anilines is 2. The molecule has 1 aliphatic heterocycles. The SMILES string of the molecule is Nc1sc(Br)c(CN2CCN(c3ccccc3)CC2)c1C(=O)c1ccc(Cl)cc1. The van der Waals surface area contributed by atoms with Crippen molar-refractivity contribution in [2.24, 2.45) is 0 Å². The van der Waals surface area contributed by atoms with Crippen LogP contribution in [0.3, 0.4) is 0 Å². The Hall–Kier alpha value is -1.86. The van der Waals surface area contributed by atoms with Crippen LogP contribution in [0.4, 0.5) is 10.7 Å². The van der Waals surface area contributed by atoms with Gasteiger partial charge in [-0.25, -0.2) is 0 Å². The van der Waals surface area contributed by atoms with E-state index in [-0.39, 0.29) is 5.78 Å². The van der Waals surface area contributed by atoms with Crippen molar-refractivity contribution in [1.29, 1.82) is 0 Å². The van der Waals surface area contributed by atoms with Crippen molar-refractivity contribution in [3.8, 4) is 0 Å². The first-order valence-corrected chi connectivity index (χ1v) is 11.4. The average Bonchev–Trinajstić information content (AvgIpc) is 3.02. The maximum atomic E-state index is 13.1. The van der Waals surface area contributed by atoms with E-state index in [9.17, 15) is 4.79 Å². The summed E-state index contributed by atoms with van der Waals surface area (Å²) < 4.78 is 0.929. The van der Waals surface area contributed by atoms with Gasteiger partial charge in [0.05, 0.1) is 14.4 Å². The number of nitrogen functional groups attached to an aromatic ring is 1. The van der Waals surface area contributed by atoms with Crippen LogP contribution in [0.25, 0.3) is 0 Å². The van der Waals surface area contributed by atoms with E-state index in [1.165, 1.54) is 17.0 Å². The van der Waals surface area contributed by atoms with Gasteiger partial charge < -0.3 is 10.6 Å². The zero-order valence-electron chi connectivity index (χ0n) is 15.8. The number of carbonyl (C=O) groups excluding carboxylic acids is 1. The molecule has 4 nitrogen and oxygen atoms in total. The van der Waals surface area contributed by atoms with Gasteiger partial charge in [0, 0.05) is 54.6 Å². The Morgan fingerprint density at radius 2 is 1.69 bits per heavy atom. The minimum absolute atomic E-state index is 0.0564. The molecule has 0 atom stereocenters. The molecule has 7 heteroatoms. The maximum Gasteiger partial charge on any atom is 0.196 e. The predicted molar refractivity (Wildman–Crippen MR) is 125 cm³/mol. The summed E-state index contributed by atoms with van der Waals surface area (Å²) in [4.78, 5) is 17.9. The zero-order chi connectivity index (χ0) is 20.4. The third kappa shape index (κ3) is 4.51. The Bertz CT molecular complexity index is 999. The molecule has 0 amide bonds. The summed E-state index contributed by atoms with van der Waals surface area (Å²) >= 11 is 11.0. The number of nitrogens with two attached hydrogens (primary N) is 1. The van der Waals surface area contributed by atoms with Crippen molar-refractivity contribution in [2.45, 2.75) is 6.54 Å². The minimum Gasteiger partial charge on any atom is -0.390 e. The third-order valence-electron chi connectivity index (χ3n) is 5.19. The summed E-state index contributed by atoms with van der Waals surface area (Å²) in [7, 11) is 0. The third-order valence-corrected chi connectivity index (χ3v) is 7.26. The normalized spacial score (nSPS) is 14.9. The molecule has 1 aromatic heterocycles. The minimum atomic E-state index is -0.0564. The molecule has 0 radical (unpaired) electrons. The Balaban J connectivity index is 1.50. The highest BCUT2D eigenvalue weighted by molar-refractivity contribution is 9.11. The number of benzene rings is 2. The van der Waals surface area contributed by atoms with E-state index < -0.39 is 0 Å². The van der Waals surface area contributed by atoms with E-state index in [0.717, 1.165) is 35.5 Å². The lowest BCUT2D eigenvalue weighted by Crippen LogP contribution is -2.46. The van der Waals surface area contributed by atoms with Crippen molar-refractivity contribution >= 4 is 55.3 Å². The number of ketones is 1. The summed E-state index contributed by atoms with van der Waals surface area (Å²) in [6.07, 6.45) is 0. The summed E-state index contributed by atoms with van der Waals surface area (Å²) in [5.74, 6) is -0.0564. The molecule has 2 heterocycles. The molecule has 0 aliphatic carbocycles. The van der Waals surface area contributed by atoms with Crippen LogP contribution in [0.5, 0.6) is 0 Å². The first-order valence-electron chi connectivity index (χ1n) is 9.42. The Kier molecular flexibility index (Phi) is 6.25. The number of rotatable bonds is 5. The van der Waals surface area contributed by atoms with E-state index in [1.807, 2.05) is 6.07 Å². The number of halogens is 2. The predicted octanol–water partition coefficient (Wildman–Crippen LogP) is 5.30. The van der Waals surface area contributed by atoms with E-state index in [2.05, 4.69) is 50.0 Å². The standard InChI is InChI=1S/C22H21BrClN3OS/c23-21-18(14-26-10-12-27(13-11-26)17-4-2-1-3-5-17)19(22(25)29-21)20(28)15-6-8-16(24)9-7-15/h1-9H,10-14,25H2. The maximum absolute atomic E-state index is 13.1. The number of para-hydroxylation sites is 1. The van der Waals surface area contributed by atoms with Gasteiger partial charge in [-0.05, 0) is 52.3 Å². The van der Waals surface area contributed by atoms with Crippen LogP contribution in [0.1, 0.15) is 21.5 Å². The molecule has 0 saturated carbocycles. The highest BCUT2D eigenvalue weighted by Gasteiger charge is 2.25. The number of carbonyl (C=O) groups is 1. The first-order chi connectivity index (χ1) is 14.0. The van der Waals surface area contributed by atoms with Crippen LogP contribution < -0.4 is 10.6 Å². The largest absolute Gasteiger partial charge is 0.390 e. The van der Waals surface area contributed by atoms with Gasteiger partial charge >= 0.3 is 0 Å². The van der Waals surface area contributed by atoms with Gasteiger partial charge in [-0.2, -0.15) is 0 Å². The Morgan fingerprint density at radius 3 is 2.34 bits per heavy atom. The molecule has 1 aliphatic rings. The fourth-order valence-corrected chi connectivity index (χ4v) is 5.39. The molecule has 2 N–H and O–H groups in total. The van der Waals surface area contributed by atoms with E-state index in [4.69, 9.17) is 17.3 Å². The average molecular weight is 491 g/mol. The molecule has 150 valence electrons. The van der Waals surface area contributed by atoms with Crippen molar-refractivity contribution in [1.82, 2.24) is 4.90 Å². The van der Waals surface area contributed by atoms with E-state index >= 15 is 0 Å². The summed E-state index contributed by atoms with van der Waals surface area (Å²) in [5, 5.41) is 1.16. The van der Waals surface area contributed by atoms with Crippen LogP contribution in [0, 0.1) is 0 Å². The first kappa shape index (κ1) is 20.4. The topological polar surface area (TPSA) is 49.6 Å². The zero-order valence-corrected chi connectivity index (χ0v) is 18.9. The van der Waals surface area contributed by atoms with Crippen LogP contribution in [0.2, 0.25) is 5.02 Å². The Labute approximate surface area is 188 Å².